The topological polar surface area (TPSA) is 21.7 Å². The Balaban J connectivity index is 5.33. The number of nitrogens with zero attached hydrogens (tertiary/aromatic N) is 1. The van der Waals surface area contributed by atoms with Gasteiger partial charge in [-0.2, -0.15) is 0 Å². The first-order valence-electron chi connectivity index (χ1n) is 9.97. The fourth-order valence-corrected chi connectivity index (χ4v) is 13.5. The van der Waals surface area contributed by atoms with Gasteiger partial charge in [-0.1, -0.05) is 54.9 Å². The molecule has 0 saturated heterocycles. The van der Waals surface area contributed by atoms with Crippen LogP contribution >= 0.6 is 0 Å². The highest BCUT2D eigenvalue weighted by molar-refractivity contribution is 6.81. The Morgan fingerprint density at radius 1 is 0.792 bits per heavy atom. The number of hydrogen-bond donors (Lipinski definition) is 0. The van der Waals surface area contributed by atoms with Gasteiger partial charge in [0.25, 0.3) is 0 Å². The number of rotatable bonds is 13. The molecule has 0 spiro atoms. The third-order valence-electron chi connectivity index (χ3n) is 6.03. The second kappa shape index (κ2) is 11.1. The van der Waals surface area contributed by atoms with Crippen molar-refractivity contribution in [3.8, 4) is 0 Å². The lowest BCUT2D eigenvalue weighted by Crippen LogP contribution is -2.60. The molecule has 0 radical (unpaired) electrons. The summed E-state index contributed by atoms with van der Waals surface area (Å²) in [5, 5.41) is 0. The van der Waals surface area contributed by atoms with Crippen LogP contribution in [-0.4, -0.2) is 48.7 Å². The van der Waals surface area contributed by atoms with Crippen molar-refractivity contribution in [3.63, 3.8) is 0 Å². The van der Waals surface area contributed by atoms with E-state index in [1.807, 2.05) is 0 Å². The molecule has 0 rings (SSSR count). The Hall–Kier alpha value is 0.314. The van der Waals surface area contributed by atoms with Crippen molar-refractivity contribution in [1.29, 1.82) is 0 Å². The van der Waals surface area contributed by atoms with E-state index < -0.39 is 16.8 Å². The quantitative estimate of drug-likeness (QED) is 0.367. The monoisotopic (exact) mass is 375 g/mol. The molecule has 0 fully saturated rings. The molecule has 0 heterocycles. The number of hydrogen-bond acceptors (Lipinski definition) is 3. The minimum atomic E-state index is -1.95. The van der Waals surface area contributed by atoms with Gasteiger partial charge in [-0.25, -0.2) is 0 Å². The van der Waals surface area contributed by atoms with Gasteiger partial charge in [0, 0.05) is 14.2 Å². The molecule has 0 amide bonds. The lowest BCUT2D eigenvalue weighted by molar-refractivity contribution is 0.246. The maximum atomic E-state index is 5.69. The summed E-state index contributed by atoms with van der Waals surface area (Å²) in [5.41, 5.74) is 2.34. The molecule has 0 N–H and O–H groups in total. The van der Waals surface area contributed by atoms with Crippen LogP contribution in [-0.2, 0) is 8.85 Å². The Bertz CT molecular complexity index is 310. The maximum absolute atomic E-state index is 5.69. The smallest absolute Gasteiger partial charge is 0.334 e. The van der Waals surface area contributed by atoms with Crippen LogP contribution in [0.25, 0.3) is 0 Å². The van der Waals surface area contributed by atoms with Crippen molar-refractivity contribution < 1.29 is 8.85 Å². The lowest BCUT2D eigenvalue weighted by atomic mass is 10.3. The van der Waals surface area contributed by atoms with Gasteiger partial charge in [-0.15, -0.1) is 0 Å². The molecule has 0 aliphatic carbocycles. The average Bonchev–Trinajstić information content (AvgIpc) is 2.51. The van der Waals surface area contributed by atoms with Crippen LogP contribution in [0.1, 0.15) is 67.7 Å². The predicted molar refractivity (Wildman–Crippen MR) is 113 cm³/mol. The SMILES string of the molecule is CCCCN(CCC[Si](C)(OC)OC)[Si](C(C)C)(C(C)C)C(C)C. The normalized spacial score (nSPS) is 13.8. The van der Waals surface area contributed by atoms with Crippen LogP contribution in [0.3, 0.4) is 0 Å². The summed E-state index contributed by atoms with van der Waals surface area (Å²) in [7, 11) is 0.120. The highest BCUT2D eigenvalue weighted by atomic mass is 28.4. The van der Waals surface area contributed by atoms with E-state index in [1.165, 1.54) is 32.4 Å². The molecular formula is C19H45NO2Si2. The van der Waals surface area contributed by atoms with E-state index >= 15 is 0 Å². The van der Waals surface area contributed by atoms with Crippen LogP contribution < -0.4 is 0 Å². The van der Waals surface area contributed by atoms with E-state index in [2.05, 4.69) is 59.6 Å². The van der Waals surface area contributed by atoms with Crippen molar-refractivity contribution in [2.45, 2.75) is 96.9 Å². The van der Waals surface area contributed by atoms with Crippen LogP contribution in [0.15, 0.2) is 0 Å². The summed E-state index contributed by atoms with van der Waals surface area (Å²) in [4.78, 5) is 0. The Morgan fingerprint density at radius 3 is 1.54 bits per heavy atom. The van der Waals surface area contributed by atoms with Crippen LogP contribution in [0.5, 0.6) is 0 Å². The van der Waals surface area contributed by atoms with Gasteiger partial charge >= 0.3 is 8.56 Å². The zero-order chi connectivity index (χ0) is 19.0. The summed E-state index contributed by atoms with van der Waals surface area (Å²) in [5.74, 6) is 0. The first-order valence-corrected chi connectivity index (χ1v) is 14.7. The first kappa shape index (κ1) is 24.3. The van der Waals surface area contributed by atoms with Gasteiger partial charge in [-0.05, 0) is 55.1 Å². The lowest BCUT2D eigenvalue weighted by Gasteiger charge is -2.51. The minimum Gasteiger partial charge on any atom is -0.398 e. The third kappa shape index (κ3) is 5.94. The average molecular weight is 376 g/mol. The second-order valence-electron chi connectivity index (χ2n) is 8.34. The molecule has 0 bridgehead atoms. The van der Waals surface area contributed by atoms with E-state index in [-0.39, 0.29) is 0 Å². The summed E-state index contributed by atoms with van der Waals surface area (Å²) >= 11 is 0. The molecule has 0 saturated carbocycles. The standard InChI is InChI=1S/C19H45NO2Si2/c1-11-12-14-20(15-13-16-23(10,21-8)22-9)24(17(2)3,18(4)5)19(6)7/h17-19H,11-16H2,1-10H3. The van der Waals surface area contributed by atoms with Crippen LogP contribution in [0, 0.1) is 0 Å². The van der Waals surface area contributed by atoms with E-state index in [1.54, 1.807) is 14.2 Å². The fraction of sp³-hybridized carbons (Fsp3) is 1.00. The third-order valence-corrected chi connectivity index (χ3v) is 16.1. The van der Waals surface area contributed by atoms with Gasteiger partial charge in [0.1, 0.15) is 8.24 Å². The molecule has 0 aromatic carbocycles. The molecule has 3 nitrogen and oxygen atoms in total. The van der Waals surface area contributed by atoms with Crippen molar-refractivity contribution in [1.82, 2.24) is 4.57 Å². The van der Waals surface area contributed by atoms with Gasteiger partial charge in [0.15, 0.2) is 0 Å². The number of unbranched alkanes of at least 4 members (excludes halogenated alkanes) is 1. The second-order valence-corrected chi connectivity index (χ2v) is 17.8. The fourth-order valence-electron chi connectivity index (χ4n) is 4.82. The summed E-state index contributed by atoms with van der Waals surface area (Å²) in [6, 6.07) is 1.08. The van der Waals surface area contributed by atoms with E-state index in [4.69, 9.17) is 8.85 Å². The summed E-state index contributed by atoms with van der Waals surface area (Å²) in [6.45, 7) is 21.8. The van der Waals surface area contributed by atoms with Crippen LogP contribution in [0.4, 0.5) is 0 Å². The Labute approximate surface area is 154 Å². The Morgan fingerprint density at radius 2 is 1.21 bits per heavy atom. The molecular weight excluding hydrogens is 330 g/mol. The molecule has 0 aliphatic heterocycles. The van der Waals surface area contributed by atoms with E-state index in [0.29, 0.717) is 0 Å². The van der Waals surface area contributed by atoms with Crippen molar-refractivity contribution >= 4 is 16.8 Å². The van der Waals surface area contributed by atoms with Crippen molar-refractivity contribution in [3.05, 3.63) is 0 Å². The molecule has 0 unspecified atom stereocenters. The van der Waals surface area contributed by atoms with Gasteiger partial charge in [-0.3, -0.25) is 0 Å². The summed E-state index contributed by atoms with van der Waals surface area (Å²) < 4.78 is 14.3. The zero-order valence-electron chi connectivity index (χ0n) is 18.2. The first-order chi connectivity index (χ1) is 11.1. The van der Waals surface area contributed by atoms with E-state index in [9.17, 15) is 0 Å². The van der Waals surface area contributed by atoms with Gasteiger partial charge < -0.3 is 13.4 Å². The molecule has 0 atom stereocenters. The van der Waals surface area contributed by atoms with Gasteiger partial charge in [0.05, 0.1) is 0 Å². The zero-order valence-corrected chi connectivity index (χ0v) is 20.2. The minimum absolute atomic E-state index is 0.780. The highest BCUT2D eigenvalue weighted by Crippen LogP contribution is 2.44. The van der Waals surface area contributed by atoms with Crippen LogP contribution in [0.2, 0.25) is 29.2 Å². The maximum Gasteiger partial charge on any atom is 0.334 e. The van der Waals surface area contributed by atoms with Crippen molar-refractivity contribution in [2.75, 3.05) is 27.3 Å². The predicted octanol–water partition coefficient (Wildman–Crippen LogP) is 6.02. The molecule has 0 aliphatic rings. The highest BCUT2D eigenvalue weighted by Gasteiger charge is 2.47. The molecule has 24 heavy (non-hydrogen) atoms. The molecule has 5 heteroatoms. The largest absolute Gasteiger partial charge is 0.398 e. The van der Waals surface area contributed by atoms with Gasteiger partial charge in [0.2, 0.25) is 0 Å². The molecule has 146 valence electrons. The van der Waals surface area contributed by atoms with E-state index in [0.717, 1.165) is 22.7 Å². The van der Waals surface area contributed by atoms with Crippen molar-refractivity contribution in [2.24, 2.45) is 0 Å². The molecule has 0 aromatic rings. The molecule has 0 aromatic heterocycles. The summed E-state index contributed by atoms with van der Waals surface area (Å²) in [6.07, 6.45) is 3.77. The Kier molecular flexibility index (Phi) is 11.3.